The molecule has 0 aliphatic carbocycles. The van der Waals surface area contributed by atoms with Gasteiger partial charge in [0.1, 0.15) is 5.75 Å². The molecular formula is C17H21N3O3S. The van der Waals surface area contributed by atoms with Crippen LogP contribution in [-0.4, -0.2) is 28.7 Å². The van der Waals surface area contributed by atoms with E-state index in [4.69, 9.17) is 4.74 Å². The van der Waals surface area contributed by atoms with E-state index in [1.807, 2.05) is 32.0 Å². The fourth-order valence-corrected chi connectivity index (χ4v) is 3.02. The Morgan fingerprint density at radius 2 is 2.12 bits per heavy atom. The fourth-order valence-electron chi connectivity index (χ4n) is 2.31. The Hall–Kier alpha value is -2.28. The monoisotopic (exact) mass is 347 g/mol. The van der Waals surface area contributed by atoms with E-state index in [0.717, 1.165) is 5.56 Å². The predicted octanol–water partition coefficient (Wildman–Crippen LogP) is 2.69. The quantitative estimate of drug-likeness (QED) is 0.620. The lowest BCUT2D eigenvalue weighted by Crippen LogP contribution is -2.18. The number of ether oxygens (including phenoxy) is 1. The van der Waals surface area contributed by atoms with Crippen molar-refractivity contribution in [1.82, 2.24) is 9.97 Å². The maximum Gasteiger partial charge on any atom is 0.254 e. The lowest BCUT2D eigenvalue weighted by Gasteiger charge is -2.11. The molecule has 0 radical (unpaired) electrons. The predicted molar refractivity (Wildman–Crippen MR) is 96.1 cm³/mol. The van der Waals surface area contributed by atoms with Crippen molar-refractivity contribution < 1.29 is 9.53 Å². The molecular weight excluding hydrogens is 326 g/mol. The maximum atomic E-state index is 12.2. The van der Waals surface area contributed by atoms with Crippen LogP contribution in [0.2, 0.25) is 0 Å². The summed E-state index contributed by atoms with van der Waals surface area (Å²) in [6.45, 7) is 5.65. The van der Waals surface area contributed by atoms with Crippen molar-refractivity contribution in [2.45, 2.75) is 32.3 Å². The minimum Gasteiger partial charge on any atom is -0.495 e. The van der Waals surface area contributed by atoms with Gasteiger partial charge in [0.2, 0.25) is 5.91 Å². The Balaban J connectivity index is 2.04. The molecule has 0 saturated heterocycles. The van der Waals surface area contributed by atoms with Gasteiger partial charge in [0.05, 0.1) is 18.6 Å². The van der Waals surface area contributed by atoms with Crippen LogP contribution in [0.15, 0.2) is 28.2 Å². The number of aryl methyl sites for hydroxylation is 2. The van der Waals surface area contributed by atoms with E-state index in [0.29, 0.717) is 34.3 Å². The summed E-state index contributed by atoms with van der Waals surface area (Å²) in [6, 6.07) is 5.57. The lowest BCUT2D eigenvalue weighted by atomic mass is 10.2. The van der Waals surface area contributed by atoms with Crippen LogP contribution in [0.1, 0.15) is 23.7 Å². The number of carbonyl (C=O) groups is 1. The molecule has 0 bridgehead atoms. The van der Waals surface area contributed by atoms with Gasteiger partial charge in [-0.15, -0.1) is 0 Å². The normalized spacial score (nSPS) is 10.5. The van der Waals surface area contributed by atoms with Crippen LogP contribution in [0, 0.1) is 13.8 Å². The summed E-state index contributed by atoms with van der Waals surface area (Å²) in [5.74, 6) is 0.558. The Kier molecular flexibility index (Phi) is 6.03. The largest absolute Gasteiger partial charge is 0.495 e. The molecule has 24 heavy (non-hydrogen) atoms. The summed E-state index contributed by atoms with van der Waals surface area (Å²) in [5, 5.41) is 3.27. The van der Waals surface area contributed by atoms with Crippen molar-refractivity contribution in [2.75, 3.05) is 18.2 Å². The zero-order valence-electron chi connectivity index (χ0n) is 14.2. The number of carbonyl (C=O) groups excluding carboxylic acids is 1. The first kappa shape index (κ1) is 18.1. The number of hydrogen-bond donors (Lipinski definition) is 2. The first-order valence-electron chi connectivity index (χ1n) is 7.61. The van der Waals surface area contributed by atoms with Crippen LogP contribution >= 0.6 is 11.8 Å². The van der Waals surface area contributed by atoms with Crippen molar-refractivity contribution >= 4 is 23.4 Å². The zero-order valence-corrected chi connectivity index (χ0v) is 15.0. The average molecular weight is 347 g/mol. The van der Waals surface area contributed by atoms with Gasteiger partial charge in [-0.25, -0.2) is 4.98 Å². The highest BCUT2D eigenvalue weighted by Gasteiger charge is 2.11. The maximum absolute atomic E-state index is 12.2. The lowest BCUT2D eigenvalue weighted by molar-refractivity contribution is -0.113. The molecule has 0 unspecified atom stereocenters. The highest BCUT2D eigenvalue weighted by molar-refractivity contribution is 7.99. The van der Waals surface area contributed by atoms with Crippen molar-refractivity contribution in [3.63, 3.8) is 0 Å². The van der Waals surface area contributed by atoms with Gasteiger partial charge >= 0.3 is 0 Å². The highest BCUT2D eigenvalue weighted by atomic mass is 32.2. The van der Waals surface area contributed by atoms with Crippen LogP contribution < -0.4 is 15.6 Å². The Bertz CT molecular complexity index is 802. The number of amides is 1. The third kappa shape index (κ3) is 4.38. The van der Waals surface area contributed by atoms with Gasteiger partial charge in [0.25, 0.3) is 5.56 Å². The molecule has 0 aliphatic rings. The molecule has 0 aliphatic heterocycles. The summed E-state index contributed by atoms with van der Waals surface area (Å²) < 4.78 is 5.24. The number of H-pyrrole nitrogens is 1. The molecule has 128 valence electrons. The molecule has 7 heteroatoms. The van der Waals surface area contributed by atoms with E-state index in [2.05, 4.69) is 15.3 Å². The smallest absolute Gasteiger partial charge is 0.254 e. The molecule has 2 N–H and O–H groups in total. The van der Waals surface area contributed by atoms with Crippen molar-refractivity contribution in [3.05, 3.63) is 45.4 Å². The van der Waals surface area contributed by atoms with E-state index >= 15 is 0 Å². The number of anilines is 1. The summed E-state index contributed by atoms with van der Waals surface area (Å²) >= 11 is 1.19. The van der Waals surface area contributed by atoms with Crippen molar-refractivity contribution in [2.24, 2.45) is 0 Å². The van der Waals surface area contributed by atoms with Gasteiger partial charge in [0, 0.05) is 11.3 Å². The van der Waals surface area contributed by atoms with E-state index < -0.39 is 0 Å². The van der Waals surface area contributed by atoms with Gasteiger partial charge in [0.15, 0.2) is 5.16 Å². The van der Waals surface area contributed by atoms with Gasteiger partial charge in [-0.05, 0) is 38.0 Å². The van der Waals surface area contributed by atoms with Crippen molar-refractivity contribution in [3.8, 4) is 5.75 Å². The second kappa shape index (κ2) is 8.01. The SMILES string of the molecule is CCc1c(C)nc(SCC(=O)Nc2cc(C)ccc2OC)[nH]c1=O. The number of rotatable bonds is 6. The van der Waals surface area contributed by atoms with Crippen LogP contribution in [0.4, 0.5) is 5.69 Å². The first-order valence-corrected chi connectivity index (χ1v) is 8.60. The van der Waals surface area contributed by atoms with Gasteiger partial charge in [-0.2, -0.15) is 0 Å². The second-order valence-electron chi connectivity index (χ2n) is 5.33. The molecule has 1 amide bonds. The first-order chi connectivity index (χ1) is 11.4. The summed E-state index contributed by atoms with van der Waals surface area (Å²) in [5.41, 5.74) is 2.88. The number of nitrogens with one attached hydrogen (secondary N) is 2. The number of nitrogens with zero attached hydrogens (tertiary/aromatic N) is 1. The summed E-state index contributed by atoms with van der Waals surface area (Å²) in [7, 11) is 1.56. The Labute approximate surface area is 145 Å². The molecule has 2 aromatic rings. The molecule has 2 rings (SSSR count). The molecule has 0 spiro atoms. The van der Waals surface area contributed by atoms with Gasteiger partial charge in [-0.3, -0.25) is 9.59 Å². The third-order valence-corrected chi connectivity index (χ3v) is 4.40. The average Bonchev–Trinajstić information content (AvgIpc) is 2.53. The second-order valence-corrected chi connectivity index (χ2v) is 6.29. The number of methoxy groups -OCH3 is 1. The number of thioether (sulfide) groups is 1. The van der Waals surface area contributed by atoms with E-state index in [1.165, 1.54) is 11.8 Å². The molecule has 0 fully saturated rings. The van der Waals surface area contributed by atoms with E-state index in [1.54, 1.807) is 14.0 Å². The minimum atomic E-state index is -0.191. The van der Waals surface area contributed by atoms with Gasteiger partial charge < -0.3 is 15.0 Å². The highest BCUT2D eigenvalue weighted by Crippen LogP contribution is 2.25. The molecule has 6 nitrogen and oxygen atoms in total. The van der Waals surface area contributed by atoms with E-state index in [-0.39, 0.29) is 17.2 Å². The van der Waals surface area contributed by atoms with Crippen LogP contribution in [0.5, 0.6) is 5.75 Å². The molecule has 1 heterocycles. The van der Waals surface area contributed by atoms with Gasteiger partial charge in [-0.1, -0.05) is 24.8 Å². The summed E-state index contributed by atoms with van der Waals surface area (Å²) in [6.07, 6.45) is 0.632. The number of aromatic nitrogens is 2. The Morgan fingerprint density at radius 1 is 1.38 bits per heavy atom. The van der Waals surface area contributed by atoms with Crippen LogP contribution in [-0.2, 0) is 11.2 Å². The minimum absolute atomic E-state index is 0.144. The number of hydrogen-bond acceptors (Lipinski definition) is 5. The zero-order chi connectivity index (χ0) is 17.7. The van der Waals surface area contributed by atoms with E-state index in [9.17, 15) is 9.59 Å². The molecule has 1 aromatic carbocycles. The summed E-state index contributed by atoms with van der Waals surface area (Å²) in [4.78, 5) is 31.1. The van der Waals surface area contributed by atoms with Crippen LogP contribution in [0.3, 0.4) is 0 Å². The van der Waals surface area contributed by atoms with Crippen LogP contribution in [0.25, 0.3) is 0 Å². The molecule has 0 atom stereocenters. The number of benzene rings is 1. The standard InChI is InChI=1S/C17H21N3O3S/c1-5-12-11(3)18-17(20-16(12)22)24-9-15(21)19-13-8-10(2)6-7-14(13)23-4/h6-8H,5,9H2,1-4H3,(H,19,21)(H,18,20,22). The molecule has 1 aromatic heterocycles. The van der Waals surface area contributed by atoms with Crippen molar-refractivity contribution in [1.29, 1.82) is 0 Å². The number of aromatic amines is 1. The third-order valence-electron chi connectivity index (χ3n) is 3.52. The topological polar surface area (TPSA) is 84.1 Å². The Morgan fingerprint density at radius 3 is 2.75 bits per heavy atom. The molecule has 0 saturated carbocycles. The fraction of sp³-hybridized carbons (Fsp3) is 0.353.